The Morgan fingerprint density at radius 3 is 3.00 bits per heavy atom. The standard InChI is InChI=1S/C7H10N2O3S/c1-2-12-7(11)8-6(10)9-4-3-5-13-9/h3-4H,2,5H2,1H3,(H,8,10,11). The predicted molar refractivity (Wildman–Crippen MR) is 49.0 cm³/mol. The van der Waals surface area contributed by atoms with Crippen molar-refractivity contribution in [3.05, 3.63) is 12.3 Å². The summed E-state index contributed by atoms with van der Waals surface area (Å²) in [6.07, 6.45) is 2.72. The summed E-state index contributed by atoms with van der Waals surface area (Å²) in [5.41, 5.74) is 0. The fourth-order valence-corrected chi connectivity index (χ4v) is 1.41. The van der Waals surface area contributed by atoms with E-state index in [0.717, 1.165) is 5.75 Å². The summed E-state index contributed by atoms with van der Waals surface area (Å²) in [5, 5.41) is 2.08. The minimum atomic E-state index is -0.714. The van der Waals surface area contributed by atoms with Crippen molar-refractivity contribution in [2.24, 2.45) is 0 Å². The molecule has 0 saturated carbocycles. The Morgan fingerprint density at radius 1 is 1.69 bits per heavy atom. The van der Waals surface area contributed by atoms with Crippen LogP contribution in [0, 0.1) is 0 Å². The maximum atomic E-state index is 11.2. The molecule has 1 N–H and O–H groups in total. The molecule has 0 bridgehead atoms. The lowest BCUT2D eigenvalue weighted by Gasteiger charge is -2.11. The molecule has 0 aromatic heterocycles. The van der Waals surface area contributed by atoms with Crippen LogP contribution in [0.3, 0.4) is 0 Å². The van der Waals surface area contributed by atoms with Crippen molar-refractivity contribution in [2.75, 3.05) is 12.4 Å². The number of nitrogens with zero attached hydrogens (tertiary/aromatic N) is 1. The van der Waals surface area contributed by atoms with Crippen LogP contribution < -0.4 is 5.32 Å². The van der Waals surface area contributed by atoms with E-state index in [1.54, 1.807) is 13.1 Å². The molecule has 72 valence electrons. The summed E-state index contributed by atoms with van der Waals surface area (Å²) in [6, 6.07) is -0.475. The van der Waals surface area contributed by atoms with Crippen molar-refractivity contribution in [3.63, 3.8) is 0 Å². The summed E-state index contributed by atoms with van der Waals surface area (Å²) < 4.78 is 5.89. The van der Waals surface area contributed by atoms with Gasteiger partial charge in [0.25, 0.3) is 0 Å². The number of nitrogens with one attached hydrogen (secondary N) is 1. The van der Waals surface area contributed by atoms with E-state index < -0.39 is 12.1 Å². The molecule has 1 aliphatic rings. The fraction of sp³-hybridized carbons (Fsp3) is 0.429. The van der Waals surface area contributed by atoms with Crippen LogP contribution in [0.15, 0.2) is 12.3 Å². The molecule has 0 aromatic carbocycles. The summed E-state index contributed by atoms with van der Waals surface area (Å²) in [7, 11) is 0. The zero-order valence-corrected chi connectivity index (χ0v) is 7.97. The van der Waals surface area contributed by atoms with Gasteiger partial charge in [-0.3, -0.25) is 0 Å². The van der Waals surface area contributed by atoms with Gasteiger partial charge in [-0.25, -0.2) is 19.2 Å². The second-order valence-corrected chi connectivity index (χ2v) is 3.14. The third-order valence-electron chi connectivity index (χ3n) is 1.24. The molecule has 5 nitrogen and oxygen atoms in total. The highest BCUT2D eigenvalue weighted by atomic mass is 32.2. The molecule has 0 saturated heterocycles. The van der Waals surface area contributed by atoms with Crippen LogP contribution in [-0.2, 0) is 4.74 Å². The summed E-state index contributed by atoms with van der Waals surface area (Å²) in [4.78, 5) is 22.0. The van der Waals surface area contributed by atoms with E-state index in [4.69, 9.17) is 0 Å². The van der Waals surface area contributed by atoms with Crippen LogP contribution in [0.4, 0.5) is 9.59 Å². The van der Waals surface area contributed by atoms with Crippen LogP contribution >= 0.6 is 11.9 Å². The quantitative estimate of drug-likeness (QED) is 0.652. The third-order valence-corrected chi connectivity index (χ3v) is 2.14. The molecule has 0 atom stereocenters. The highest BCUT2D eigenvalue weighted by Crippen LogP contribution is 2.16. The molecule has 0 fully saturated rings. The van der Waals surface area contributed by atoms with Crippen LogP contribution in [-0.4, -0.2) is 28.8 Å². The number of ether oxygens (including phenoxy) is 1. The summed E-state index contributed by atoms with van der Waals surface area (Å²) in [6.45, 7) is 1.93. The number of carbonyl (C=O) groups is 2. The second kappa shape index (κ2) is 4.76. The van der Waals surface area contributed by atoms with Gasteiger partial charge in [0.05, 0.1) is 6.61 Å². The number of hydrogen-bond donors (Lipinski definition) is 1. The fourth-order valence-electron chi connectivity index (χ4n) is 0.741. The molecule has 13 heavy (non-hydrogen) atoms. The first-order valence-electron chi connectivity index (χ1n) is 3.80. The highest BCUT2D eigenvalue weighted by molar-refractivity contribution is 7.98. The maximum absolute atomic E-state index is 11.2. The van der Waals surface area contributed by atoms with Crippen molar-refractivity contribution in [3.8, 4) is 0 Å². The summed E-state index contributed by atoms with van der Waals surface area (Å²) >= 11 is 1.31. The number of carbonyl (C=O) groups excluding carboxylic acids is 2. The van der Waals surface area contributed by atoms with Crippen LogP contribution in [0.2, 0.25) is 0 Å². The first-order valence-corrected chi connectivity index (χ1v) is 4.75. The zero-order chi connectivity index (χ0) is 9.68. The van der Waals surface area contributed by atoms with E-state index in [2.05, 4.69) is 10.1 Å². The van der Waals surface area contributed by atoms with Crippen LogP contribution in [0.5, 0.6) is 0 Å². The van der Waals surface area contributed by atoms with Crippen LogP contribution in [0.25, 0.3) is 0 Å². The number of alkyl carbamates (subject to hydrolysis) is 1. The Bertz CT molecular complexity index is 242. The topological polar surface area (TPSA) is 58.6 Å². The minimum Gasteiger partial charge on any atom is -0.450 e. The number of imide groups is 1. The van der Waals surface area contributed by atoms with E-state index in [1.807, 2.05) is 6.08 Å². The highest BCUT2D eigenvalue weighted by Gasteiger charge is 2.17. The van der Waals surface area contributed by atoms with E-state index in [0.29, 0.717) is 0 Å². The Labute approximate surface area is 80.2 Å². The lowest BCUT2D eigenvalue weighted by molar-refractivity contribution is 0.152. The van der Waals surface area contributed by atoms with E-state index in [-0.39, 0.29) is 6.61 Å². The SMILES string of the molecule is CCOC(=O)NC(=O)N1C=CCS1. The molecule has 0 spiro atoms. The Morgan fingerprint density at radius 2 is 2.46 bits per heavy atom. The van der Waals surface area contributed by atoms with E-state index in [1.165, 1.54) is 16.3 Å². The largest absolute Gasteiger partial charge is 0.450 e. The maximum Gasteiger partial charge on any atom is 0.415 e. The Hall–Kier alpha value is -1.17. The Balaban J connectivity index is 2.32. The van der Waals surface area contributed by atoms with Gasteiger partial charge >= 0.3 is 12.1 Å². The molecule has 0 aromatic rings. The number of rotatable bonds is 1. The average molecular weight is 202 g/mol. The molecule has 1 rings (SSSR count). The molecule has 1 aliphatic heterocycles. The van der Waals surface area contributed by atoms with Gasteiger partial charge in [-0.05, 0) is 18.9 Å². The number of urea groups is 1. The molecule has 6 heteroatoms. The van der Waals surface area contributed by atoms with E-state index in [9.17, 15) is 9.59 Å². The van der Waals surface area contributed by atoms with Gasteiger partial charge in [0.15, 0.2) is 0 Å². The molecular weight excluding hydrogens is 192 g/mol. The smallest absolute Gasteiger partial charge is 0.415 e. The molecule has 0 aliphatic carbocycles. The molecule has 0 radical (unpaired) electrons. The third kappa shape index (κ3) is 2.98. The number of amides is 3. The van der Waals surface area contributed by atoms with Gasteiger partial charge < -0.3 is 4.74 Å². The van der Waals surface area contributed by atoms with Gasteiger partial charge in [-0.1, -0.05) is 6.08 Å². The lowest BCUT2D eigenvalue weighted by Crippen LogP contribution is -2.36. The van der Waals surface area contributed by atoms with Gasteiger partial charge in [-0.2, -0.15) is 0 Å². The normalized spacial score (nSPS) is 14.4. The first-order chi connectivity index (χ1) is 6.24. The van der Waals surface area contributed by atoms with Crippen molar-refractivity contribution < 1.29 is 14.3 Å². The molecule has 3 amide bonds. The van der Waals surface area contributed by atoms with E-state index >= 15 is 0 Å². The second-order valence-electron chi connectivity index (χ2n) is 2.16. The van der Waals surface area contributed by atoms with Gasteiger partial charge in [0.1, 0.15) is 0 Å². The average Bonchev–Trinajstić information content (AvgIpc) is 2.55. The van der Waals surface area contributed by atoms with Gasteiger partial charge in [0, 0.05) is 12.0 Å². The van der Waals surface area contributed by atoms with Crippen molar-refractivity contribution in [2.45, 2.75) is 6.92 Å². The van der Waals surface area contributed by atoms with Crippen molar-refractivity contribution in [1.29, 1.82) is 0 Å². The predicted octanol–water partition coefficient (Wildman–Crippen LogP) is 1.33. The lowest BCUT2D eigenvalue weighted by atomic mass is 10.7. The summed E-state index contributed by atoms with van der Waals surface area (Å²) in [5.74, 6) is 0.746. The number of hydrogen-bond acceptors (Lipinski definition) is 4. The molecule has 1 heterocycles. The Kier molecular flexibility index (Phi) is 3.63. The van der Waals surface area contributed by atoms with Gasteiger partial charge in [-0.15, -0.1) is 0 Å². The molecule has 0 unspecified atom stereocenters. The molecular formula is C7H10N2O3S. The van der Waals surface area contributed by atoms with Gasteiger partial charge in [0.2, 0.25) is 0 Å². The van der Waals surface area contributed by atoms with Crippen molar-refractivity contribution >= 4 is 24.1 Å². The minimum absolute atomic E-state index is 0.252. The monoisotopic (exact) mass is 202 g/mol. The zero-order valence-electron chi connectivity index (χ0n) is 7.15. The van der Waals surface area contributed by atoms with Crippen LogP contribution in [0.1, 0.15) is 6.92 Å². The first kappa shape index (κ1) is 9.91. The van der Waals surface area contributed by atoms with Crippen molar-refractivity contribution in [1.82, 2.24) is 9.62 Å².